The maximum Gasteiger partial charge on any atom is 0.107 e. The number of hydrogen-bond acceptors (Lipinski definition) is 4. The lowest BCUT2D eigenvalue weighted by atomic mass is 9.93. The highest BCUT2D eigenvalue weighted by atomic mass is 32.1. The molecule has 0 radical (unpaired) electrons. The summed E-state index contributed by atoms with van der Waals surface area (Å²) in [6.07, 6.45) is 1.87. The molecule has 1 atom stereocenters. The normalized spacial score (nSPS) is 13.9. The van der Waals surface area contributed by atoms with E-state index in [1.807, 2.05) is 0 Å². The van der Waals surface area contributed by atoms with Gasteiger partial charge in [0, 0.05) is 30.0 Å². The number of aliphatic hydroxyl groups is 1. The predicted molar refractivity (Wildman–Crippen MR) is 73.4 cm³/mol. The summed E-state index contributed by atoms with van der Waals surface area (Å²) in [6.45, 7) is 9.80. The zero-order valence-electron chi connectivity index (χ0n) is 11.3. The Kier molecular flexibility index (Phi) is 5.56. The monoisotopic (exact) mass is 256 g/mol. The minimum atomic E-state index is 0.136. The van der Waals surface area contributed by atoms with E-state index in [0.717, 1.165) is 24.4 Å². The summed E-state index contributed by atoms with van der Waals surface area (Å²) >= 11 is 1.72. The Morgan fingerprint density at radius 3 is 2.71 bits per heavy atom. The molecule has 1 rings (SSSR count). The van der Waals surface area contributed by atoms with E-state index >= 15 is 0 Å². The van der Waals surface area contributed by atoms with E-state index in [1.165, 1.54) is 5.69 Å². The van der Waals surface area contributed by atoms with E-state index in [0.29, 0.717) is 6.04 Å². The van der Waals surface area contributed by atoms with Gasteiger partial charge in [-0.15, -0.1) is 11.3 Å². The van der Waals surface area contributed by atoms with Crippen molar-refractivity contribution in [2.24, 2.45) is 0 Å². The minimum Gasteiger partial charge on any atom is -0.396 e. The van der Waals surface area contributed by atoms with E-state index in [4.69, 9.17) is 5.11 Å². The van der Waals surface area contributed by atoms with Gasteiger partial charge in [-0.2, -0.15) is 0 Å². The smallest absolute Gasteiger partial charge is 0.107 e. The summed E-state index contributed by atoms with van der Waals surface area (Å²) in [6, 6.07) is 0.434. The number of nitrogens with one attached hydrogen (secondary N) is 1. The van der Waals surface area contributed by atoms with Crippen molar-refractivity contribution in [2.75, 3.05) is 6.61 Å². The standard InChI is InChI=1S/C13H24N2OS/c1-10(6-5-7-16)14-8-12-15-11(9-17-12)13(2,3)4/h9-10,14,16H,5-8H2,1-4H3. The molecule has 0 saturated carbocycles. The number of nitrogens with zero attached hydrogens (tertiary/aromatic N) is 1. The Morgan fingerprint density at radius 2 is 2.18 bits per heavy atom. The Balaban J connectivity index is 2.40. The molecule has 98 valence electrons. The average Bonchev–Trinajstić information content (AvgIpc) is 2.71. The van der Waals surface area contributed by atoms with Crippen molar-refractivity contribution in [3.05, 3.63) is 16.1 Å². The van der Waals surface area contributed by atoms with Crippen LogP contribution in [-0.2, 0) is 12.0 Å². The third-order valence-electron chi connectivity index (χ3n) is 2.72. The molecule has 0 bridgehead atoms. The maximum atomic E-state index is 8.76. The molecule has 1 aromatic heterocycles. The lowest BCUT2D eigenvalue weighted by Crippen LogP contribution is -2.25. The van der Waals surface area contributed by atoms with Crippen LogP contribution >= 0.6 is 11.3 Å². The molecule has 4 heteroatoms. The molecule has 0 saturated heterocycles. The molecule has 3 nitrogen and oxygen atoms in total. The highest BCUT2D eigenvalue weighted by molar-refractivity contribution is 7.09. The van der Waals surface area contributed by atoms with Crippen molar-refractivity contribution in [3.63, 3.8) is 0 Å². The highest BCUT2D eigenvalue weighted by Crippen LogP contribution is 2.23. The summed E-state index contributed by atoms with van der Waals surface area (Å²) in [7, 11) is 0. The van der Waals surface area contributed by atoms with Crippen molar-refractivity contribution >= 4 is 11.3 Å². The molecular formula is C13H24N2OS. The van der Waals surface area contributed by atoms with Gasteiger partial charge >= 0.3 is 0 Å². The topological polar surface area (TPSA) is 45.1 Å². The molecule has 1 unspecified atom stereocenters. The van der Waals surface area contributed by atoms with Crippen LogP contribution in [0.4, 0.5) is 0 Å². The van der Waals surface area contributed by atoms with Crippen LogP contribution in [-0.4, -0.2) is 22.7 Å². The molecule has 0 spiro atoms. The first kappa shape index (κ1) is 14.6. The lowest BCUT2D eigenvalue weighted by Gasteiger charge is -2.14. The fourth-order valence-corrected chi connectivity index (χ4v) is 2.47. The molecular weight excluding hydrogens is 232 g/mol. The molecule has 0 aliphatic carbocycles. The Labute approximate surface area is 108 Å². The Hall–Kier alpha value is -0.450. The third-order valence-corrected chi connectivity index (χ3v) is 3.57. The lowest BCUT2D eigenvalue weighted by molar-refractivity contribution is 0.276. The predicted octanol–water partition coefficient (Wildman–Crippen LogP) is 2.69. The first-order chi connectivity index (χ1) is 7.93. The molecule has 0 aliphatic rings. The van der Waals surface area contributed by atoms with Crippen molar-refractivity contribution in [3.8, 4) is 0 Å². The molecule has 0 aromatic carbocycles. The number of aliphatic hydroxyl groups excluding tert-OH is 1. The number of hydrogen-bond donors (Lipinski definition) is 2. The molecule has 1 heterocycles. The molecule has 17 heavy (non-hydrogen) atoms. The van der Waals surface area contributed by atoms with Crippen LogP contribution in [0.25, 0.3) is 0 Å². The van der Waals surface area contributed by atoms with Crippen LogP contribution in [0, 0.1) is 0 Å². The van der Waals surface area contributed by atoms with Crippen molar-refractivity contribution in [1.82, 2.24) is 10.3 Å². The van der Waals surface area contributed by atoms with Gasteiger partial charge in [-0.05, 0) is 19.8 Å². The first-order valence-corrected chi connectivity index (χ1v) is 7.10. The van der Waals surface area contributed by atoms with Gasteiger partial charge in [0.1, 0.15) is 5.01 Å². The van der Waals surface area contributed by atoms with Gasteiger partial charge in [0.05, 0.1) is 5.69 Å². The zero-order chi connectivity index (χ0) is 12.9. The van der Waals surface area contributed by atoms with Crippen LogP contribution in [0.15, 0.2) is 5.38 Å². The second kappa shape index (κ2) is 6.47. The second-order valence-corrected chi connectivity index (χ2v) is 6.47. The molecule has 1 aromatic rings. The van der Waals surface area contributed by atoms with Gasteiger partial charge in [-0.1, -0.05) is 20.8 Å². The largest absolute Gasteiger partial charge is 0.396 e. The quantitative estimate of drug-likeness (QED) is 0.822. The van der Waals surface area contributed by atoms with Crippen LogP contribution in [0.5, 0.6) is 0 Å². The van der Waals surface area contributed by atoms with Gasteiger partial charge < -0.3 is 10.4 Å². The summed E-state index contributed by atoms with van der Waals surface area (Å²) in [5.74, 6) is 0. The highest BCUT2D eigenvalue weighted by Gasteiger charge is 2.17. The number of rotatable bonds is 6. The van der Waals surface area contributed by atoms with Crippen molar-refractivity contribution < 1.29 is 5.11 Å². The fourth-order valence-electron chi connectivity index (χ4n) is 1.50. The second-order valence-electron chi connectivity index (χ2n) is 5.52. The minimum absolute atomic E-state index is 0.136. The summed E-state index contributed by atoms with van der Waals surface area (Å²) in [4.78, 5) is 4.64. The Morgan fingerprint density at radius 1 is 1.47 bits per heavy atom. The fraction of sp³-hybridized carbons (Fsp3) is 0.769. The van der Waals surface area contributed by atoms with Crippen LogP contribution in [0.3, 0.4) is 0 Å². The van der Waals surface area contributed by atoms with E-state index in [9.17, 15) is 0 Å². The van der Waals surface area contributed by atoms with Gasteiger partial charge in [0.25, 0.3) is 0 Å². The van der Waals surface area contributed by atoms with Gasteiger partial charge in [0.15, 0.2) is 0 Å². The molecule has 0 amide bonds. The zero-order valence-corrected chi connectivity index (χ0v) is 12.1. The number of aromatic nitrogens is 1. The van der Waals surface area contributed by atoms with Gasteiger partial charge in [-0.3, -0.25) is 0 Å². The Bertz CT molecular complexity index is 330. The SMILES string of the molecule is CC(CCCO)NCc1nc(C(C)(C)C)cs1. The molecule has 2 N–H and O–H groups in total. The summed E-state index contributed by atoms with van der Waals surface area (Å²) in [5.41, 5.74) is 1.30. The molecule has 0 fully saturated rings. The number of thiazole rings is 1. The van der Waals surface area contributed by atoms with Gasteiger partial charge in [-0.25, -0.2) is 4.98 Å². The van der Waals surface area contributed by atoms with Crippen LogP contribution in [0.1, 0.15) is 51.2 Å². The average molecular weight is 256 g/mol. The van der Waals surface area contributed by atoms with E-state index < -0.39 is 0 Å². The van der Waals surface area contributed by atoms with Crippen molar-refractivity contribution in [2.45, 2.75) is 58.5 Å². The molecule has 0 aliphatic heterocycles. The van der Waals surface area contributed by atoms with Crippen LogP contribution in [0.2, 0.25) is 0 Å². The van der Waals surface area contributed by atoms with Crippen LogP contribution < -0.4 is 5.32 Å². The third kappa shape index (κ3) is 5.15. The van der Waals surface area contributed by atoms with Crippen molar-refractivity contribution in [1.29, 1.82) is 0 Å². The van der Waals surface area contributed by atoms with E-state index in [2.05, 4.69) is 43.4 Å². The van der Waals surface area contributed by atoms with Gasteiger partial charge in [0.2, 0.25) is 0 Å². The van der Waals surface area contributed by atoms with E-state index in [-0.39, 0.29) is 12.0 Å². The summed E-state index contributed by atoms with van der Waals surface area (Å²) < 4.78 is 0. The summed E-state index contributed by atoms with van der Waals surface area (Å²) in [5, 5.41) is 15.5. The van der Waals surface area contributed by atoms with E-state index in [1.54, 1.807) is 11.3 Å². The maximum absolute atomic E-state index is 8.76. The first-order valence-electron chi connectivity index (χ1n) is 6.22.